The summed E-state index contributed by atoms with van der Waals surface area (Å²) >= 11 is 0. The van der Waals surface area contributed by atoms with E-state index in [0.717, 1.165) is 18.2 Å². The lowest BCUT2D eigenvalue weighted by Crippen LogP contribution is -2.02. The predicted molar refractivity (Wildman–Crippen MR) is 60.9 cm³/mol. The van der Waals surface area contributed by atoms with Gasteiger partial charge in [0.05, 0.1) is 16.7 Å². The molecule has 1 heterocycles. The first-order chi connectivity index (χ1) is 9.08. The van der Waals surface area contributed by atoms with Crippen molar-refractivity contribution in [2.24, 2.45) is 0 Å². The number of ether oxygens (including phenoxy) is 1. The maximum absolute atomic E-state index is 10.8. The van der Waals surface area contributed by atoms with Crippen LogP contribution < -0.4 is 4.74 Å². The molecule has 0 atom stereocenters. The monoisotopic (exact) mass is 264 g/mol. The minimum absolute atomic E-state index is 0.0795. The van der Waals surface area contributed by atoms with Crippen LogP contribution in [-0.4, -0.2) is 21.2 Å². The Kier molecular flexibility index (Phi) is 3.42. The van der Waals surface area contributed by atoms with Crippen LogP contribution in [0.25, 0.3) is 0 Å². The molecular formula is C11H8N2O6. The van der Waals surface area contributed by atoms with E-state index in [1.807, 2.05) is 0 Å². The number of carboxylic acid groups (broad SMARTS) is 1. The molecule has 19 heavy (non-hydrogen) atoms. The highest BCUT2D eigenvalue weighted by Gasteiger charge is 2.18. The van der Waals surface area contributed by atoms with Crippen LogP contribution in [0.2, 0.25) is 0 Å². The van der Waals surface area contributed by atoms with Gasteiger partial charge < -0.3 is 14.4 Å². The standard InChI is InChI=1S/C11H8N2O6/c14-11(15)7-1-2-9(13(16)17)10(5-7)18-6-8-3-4-12-19-8/h1-5H,6H2,(H,14,15). The van der Waals surface area contributed by atoms with Crippen LogP contribution in [0.15, 0.2) is 35.0 Å². The number of aromatic carboxylic acids is 1. The minimum Gasteiger partial charge on any atom is -0.478 e. The Balaban J connectivity index is 2.27. The van der Waals surface area contributed by atoms with E-state index < -0.39 is 10.9 Å². The highest BCUT2D eigenvalue weighted by molar-refractivity contribution is 5.88. The minimum atomic E-state index is -1.19. The Morgan fingerprint density at radius 2 is 2.26 bits per heavy atom. The Hall–Kier alpha value is -2.90. The van der Waals surface area contributed by atoms with Gasteiger partial charge in [-0.15, -0.1) is 0 Å². The van der Waals surface area contributed by atoms with Crippen molar-refractivity contribution >= 4 is 11.7 Å². The van der Waals surface area contributed by atoms with E-state index in [-0.39, 0.29) is 23.6 Å². The second kappa shape index (κ2) is 5.17. The van der Waals surface area contributed by atoms with Crippen LogP contribution in [0.3, 0.4) is 0 Å². The average molecular weight is 264 g/mol. The first-order valence-electron chi connectivity index (χ1n) is 5.12. The Morgan fingerprint density at radius 1 is 1.47 bits per heavy atom. The van der Waals surface area contributed by atoms with Crippen molar-refractivity contribution in [3.05, 3.63) is 51.9 Å². The number of nitrogens with zero attached hydrogens (tertiary/aromatic N) is 2. The SMILES string of the molecule is O=C(O)c1ccc([N+](=O)[O-])c(OCc2ccno2)c1. The molecule has 0 radical (unpaired) electrons. The lowest BCUT2D eigenvalue weighted by molar-refractivity contribution is -0.386. The fraction of sp³-hybridized carbons (Fsp3) is 0.0909. The van der Waals surface area contributed by atoms with Gasteiger partial charge in [0.25, 0.3) is 0 Å². The van der Waals surface area contributed by atoms with E-state index >= 15 is 0 Å². The molecular weight excluding hydrogens is 256 g/mol. The van der Waals surface area contributed by atoms with E-state index in [9.17, 15) is 14.9 Å². The van der Waals surface area contributed by atoms with E-state index in [2.05, 4.69) is 5.16 Å². The van der Waals surface area contributed by atoms with Crippen LogP contribution in [0.1, 0.15) is 16.1 Å². The molecule has 0 aliphatic heterocycles. The summed E-state index contributed by atoms with van der Waals surface area (Å²) < 4.78 is 9.97. The van der Waals surface area contributed by atoms with Crippen molar-refractivity contribution in [3.8, 4) is 5.75 Å². The van der Waals surface area contributed by atoms with Crippen LogP contribution in [0, 0.1) is 10.1 Å². The summed E-state index contributed by atoms with van der Waals surface area (Å²) in [5, 5.41) is 23.1. The summed E-state index contributed by atoms with van der Waals surface area (Å²) in [6.45, 7) is -0.0795. The van der Waals surface area contributed by atoms with Crippen molar-refractivity contribution in [2.45, 2.75) is 6.61 Å². The molecule has 0 bridgehead atoms. The van der Waals surface area contributed by atoms with Crippen molar-refractivity contribution in [1.82, 2.24) is 5.16 Å². The van der Waals surface area contributed by atoms with Crippen molar-refractivity contribution < 1.29 is 24.1 Å². The van der Waals surface area contributed by atoms with Crippen molar-refractivity contribution in [1.29, 1.82) is 0 Å². The molecule has 0 amide bonds. The Bertz CT molecular complexity index is 608. The molecule has 98 valence electrons. The molecule has 0 aliphatic rings. The first-order valence-corrected chi connectivity index (χ1v) is 5.12. The zero-order chi connectivity index (χ0) is 13.8. The fourth-order valence-corrected chi connectivity index (χ4v) is 1.38. The van der Waals surface area contributed by atoms with Crippen LogP contribution >= 0.6 is 0 Å². The number of rotatable bonds is 5. The number of hydrogen-bond acceptors (Lipinski definition) is 6. The molecule has 1 N–H and O–H groups in total. The molecule has 2 aromatic rings. The summed E-state index contributed by atoms with van der Waals surface area (Å²) in [4.78, 5) is 21.0. The summed E-state index contributed by atoms with van der Waals surface area (Å²) in [7, 11) is 0. The molecule has 1 aromatic carbocycles. The maximum atomic E-state index is 10.8. The summed E-state index contributed by atoms with van der Waals surface area (Å²) in [6, 6.07) is 4.85. The van der Waals surface area contributed by atoms with Gasteiger partial charge >= 0.3 is 11.7 Å². The summed E-state index contributed by atoms with van der Waals surface area (Å²) in [6.07, 6.45) is 1.40. The maximum Gasteiger partial charge on any atom is 0.335 e. The number of carbonyl (C=O) groups is 1. The molecule has 0 saturated carbocycles. The normalized spacial score (nSPS) is 10.1. The van der Waals surface area contributed by atoms with E-state index in [1.165, 1.54) is 12.3 Å². The quantitative estimate of drug-likeness (QED) is 0.647. The molecule has 8 nitrogen and oxygen atoms in total. The van der Waals surface area contributed by atoms with E-state index in [4.69, 9.17) is 14.4 Å². The third-order valence-electron chi connectivity index (χ3n) is 2.26. The third kappa shape index (κ3) is 2.86. The third-order valence-corrected chi connectivity index (χ3v) is 2.26. The van der Waals surface area contributed by atoms with Crippen LogP contribution in [0.5, 0.6) is 5.75 Å². The predicted octanol–water partition coefficient (Wildman–Crippen LogP) is 1.86. The largest absolute Gasteiger partial charge is 0.478 e. The van der Waals surface area contributed by atoms with Crippen molar-refractivity contribution in [2.75, 3.05) is 0 Å². The fourth-order valence-electron chi connectivity index (χ4n) is 1.38. The van der Waals surface area contributed by atoms with Gasteiger partial charge in [-0.05, 0) is 6.07 Å². The first kappa shape index (κ1) is 12.6. The van der Waals surface area contributed by atoms with Gasteiger partial charge in [0.15, 0.2) is 11.5 Å². The van der Waals surface area contributed by atoms with Crippen LogP contribution in [-0.2, 0) is 6.61 Å². The number of hydrogen-bond donors (Lipinski definition) is 1. The summed E-state index contributed by atoms with van der Waals surface area (Å²) in [5.74, 6) is -0.962. The van der Waals surface area contributed by atoms with E-state index in [1.54, 1.807) is 0 Å². The highest BCUT2D eigenvalue weighted by atomic mass is 16.6. The lowest BCUT2D eigenvalue weighted by atomic mass is 10.2. The van der Waals surface area contributed by atoms with Crippen LogP contribution in [0.4, 0.5) is 5.69 Å². The molecule has 0 saturated heterocycles. The molecule has 0 unspecified atom stereocenters. The second-order valence-corrected chi connectivity index (χ2v) is 3.51. The number of aromatic nitrogens is 1. The molecule has 0 spiro atoms. The van der Waals surface area contributed by atoms with Crippen molar-refractivity contribution in [3.63, 3.8) is 0 Å². The highest BCUT2D eigenvalue weighted by Crippen LogP contribution is 2.28. The zero-order valence-electron chi connectivity index (χ0n) is 9.48. The van der Waals surface area contributed by atoms with Gasteiger partial charge in [-0.2, -0.15) is 0 Å². The van der Waals surface area contributed by atoms with Gasteiger partial charge in [0.2, 0.25) is 0 Å². The second-order valence-electron chi connectivity index (χ2n) is 3.51. The topological polar surface area (TPSA) is 116 Å². The number of nitro groups is 1. The molecule has 2 rings (SSSR count). The van der Waals surface area contributed by atoms with Gasteiger partial charge in [0.1, 0.15) is 6.61 Å². The smallest absolute Gasteiger partial charge is 0.335 e. The molecule has 8 heteroatoms. The number of benzene rings is 1. The molecule has 0 aliphatic carbocycles. The van der Waals surface area contributed by atoms with Gasteiger partial charge in [0, 0.05) is 18.2 Å². The Labute approximate surface area is 106 Å². The zero-order valence-corrected chi connectivity index (χ0v) is 9.48. The number of nitro benzene ring substituents is 1. The van der Waals surface area contributed by atoms with Gasteiger partial charge in [-0.3, -0.25) is 10.1 Å². The van der Waals surface area contributed by atoms with Gasteiger partial charge in [-0.25, -0.2) is 4.79 Å². The Morgan fingerprint density at radius 3 is 2.84 bits per heavy atom. The summed E-state index contributed by atoms with van der Waals surface area (Å²) in [5.41, 5.74) is -0.414. The van der Waals surface area contributed by atoms with E-state index in [0.29, 0.717) is 5.76 Å². The van der Waals surface area contributed by atoms with Gasteiger partial charge in [-0.1, -0.05) is 5.16 Å². The number of carboxylic acids is 1. The lowest BCUT2D eigenvalue weighted by Gasteiger charge is -2.05. The average Bonchev–Trinajstić information content (AvgIpc) is 2.88. The molecule has 1 aromatic heterocycles. The molecule has 0 fully saturated rings.